The molecule has 0 aliphatic rings. The second-order valence-electron chi connectivity index (χ2n) is 3.15. The van der Waals surface area contributed by atoms with Gasteiger partial charge >= 0.3 is 6.18 Å². The Hall–Kier alpha value is -1.14. The van der Waals surface area contributed by atoms with Crippen molar-refractivity contribution in [1.29, 1.82) is 0 Å². The normalized spacial score (nSPS) is 16.1. The van der Waals surface area contributed by atoms with Gasteiger partial charge in [0.1, 0.15) is 6.10 Å². The van der Waals surface area contributed by atoms with Gasteiger partial charge in [-0.25, -0.2) is 0 Å². The molecule has 84 valence electrons. The van der Waals surface area contributed by atoms with Gasteiger partial charge in [-0.1, -0.05) is 0 Å². The first kappa shape index (κ1) is 11.9. The van der Waals surface area contributed by atoms with Crippen LogP contribution in [0.25, 0.3) is 0 Å². The molecular weight excluding hydrogens is 211 g/mol. The lowest BCUT2D eigenvalue weighted by atomic mass is 10.0. The molecule has 1 aromatic heterocycles. The summed E-state index contributed by atoms with van der Waals surface area (Å²) in [5.74, 6) is 0. The number of alkyl halides is 3. The first-order chi connectivity index (χ1) is 6.84. The molecule has 0 aliphatic carbocycles. The summed E-state index contributed by atoms with van der Waals surface area (Å²) >= 11 is 0. The zero-order valence-electron chi connectivity index (χ0n) is 7.86. The molecule has 0 amide bonds. The van der Waals surface area contributed by atoms with E-state index >= 15 is 0 Å². The van der Waals surface area contributed by atoms with Crippen molar-refractivity contribution in [2.24, 2.45) is 0 Å². The molecule has 3 nitrogen and oxygen atoms in total. The number of hydrogen-bond acceptors (Lipinski definition) is 3. The number of aliphatic hydroxyl groups is 2. The molecular formula is C9H10F3NO2. The summed E-state index contributed by atoms with van der Waals surface area (Å²) in [4.78, 5) is 3.49. The van der Waals surface area contributed by atoms with E-state index in [1.807, 2.05) is 0 Å². The highest BCUT2D eigenvalue weighted by molar-refractivity contribution is 5.28. The van der Waals surface area contributed by atoms with E-state index in [9.17, 15) is 18.3 Å². The number of hydrogen-bond donors (Lipinski definition) is 2. The molecule has 0 bridgehead atoms. The number of halogens is 3. The van der Waals surface area contributed by atoms with E-state index in [4.69, 9.17) is 5.11 Å². The summed E-state index contributed by atoms with van der Waals surface area (Å²) in [6.07, 6.45) is -5.54. The number of aromatic nitrogens is 1. The van der Waals surface area contributed by atoms with E-state index < -0.39 is 29.5 Å². The molecule has 0 aliphatic heterocycles. The van der Waals surface area contributed by atoms with E-state index in [1.165, 1.54) is 6.92 Å². The molecule has 1 aromatic rings. The third kappa shape index (κ3) is 2.66. The van der Waals surface area contributed by atoms with Crippen molar-refractivity contribution < 1.29 is 23.4 Å². The molecule has 15 heavy (non-hydrogen) atoms. The highest BCUT2D eigenvalue weighted by Crippen LogP contribution is 2.34. The summed E-state index contributed by atoms with van der Waals surface area (Å²) in [5.41, 5.74) is -1.40. The number of aliphatic hydroxyl groups excluding tert-OH is 2. The Labute approximate surface area is 84.2 Å². The van der Waals surface area contributed by atoms with Gasteiger partial charge in [0, 0.05) is 18.0 Å². The zero-order chi connectivity index (χ0) is 11.6. The molecule has 2 atom stereocenters. The minimum absolute atomic E-state index is 0.417. The average Bonchev–Trinajstić information content (AvgIpc) is 2.15. The largest absolute Gasteiger partial charge is 0.416 e. The maximum absolute atomic E-state index is 12.5. The summed E-state index contributed by atoms with van der Waals surface area (Å²) < 4.78 is 37.4. The van der Waals surface area contributed by atoms with Gasteiger partial charge in [-0.3, -0.25) is 4.98 Å². The number of nitrogens with zero attached hydrogens (tertiary/aromatic N) is 1. The molecule has 0 saturated carbocycles. The highest BCUT2D eigenvalue weighted by atomic mass is 19.4. The number of rotatable bonds is 2. The monoisotopic (exact) mass is 221 g/mol. The summed E-state index contributed by atoms with van der Waals surface area (Å²) in [6, 6.07) is 0.765. The van der Waals surface area contributed by atoms with Gasteiger partial charge in [0.15, 0.2) is 0 Å². The zero-order valence-corrected chi connectivity index (χ0v) is 7.86. The van der Waals surface area contributed by atoms with E-state index in [1.54, 1.807) is 0 Å². The Kier molecular flexibility index (Phi) is 3.31. The predicted octanol–water partition coefficient (Wildman–Crippen LogP) is 1.51. The SMILES string of the molecule is CC(O)C(O)c1cnccc1C(F)(F)F. The van der Waals surface area contributed by atoms with Crippen molar-refractivity contribution in [2.75, 3.05) is 0 Å². The van der Waals surface area contributed by atoms with E-state index in [0.29, 0.717) is 0 Å². The van der Waals surface area contributed by atoms with Crippen LogP contribution in [0.1, 0.15) is 24.2 Å². The van der Waals surface area contributed by atoms with Crippen LogP contribution >= 0.6 is 0 Å². The molecule has 6 heteroatoms. The Morgan fingerprint density at radius 3 is 2.40 bits per heavy atom. The maximum atomic E-state index is 12.5. The van der Waals surface area contributed by atoms with Crippen molar-refractivity contribution in [2.45, 2.75) is 25.3 Å². The lowest BCUT2D eigenvalue weighted by Crippen LogP contribution is -2.19. The second kappa shape index (κ2) is 4.16. The van der Waals surface area contributed by atoms with Crippen LogP contribution in [0.4, 0.5) is 13.2 Å². The smallest absolute Gasteiger partial charge is 0.390 e. The van der Waals surface area contributed by atoms with Gasteiger partial charge in [-0.05, 0) is 13.0 Å². The summed E-state index contributed by atoms with van der Waals surface area (Å²) in [6.45, 7) is 1.21. The van der Waals surface area contributed by atoms with Gasteiger partial charge in [0.05, 0.1) is 11.7 Å². The molecule has 0 spiro atoms. The van der Waals surface area contributed by atoms with Gasteiger partial charge in [-0.2, -0.15) is 13.2 Å². The van der Waals surface area contributed by atoms with Crippen molar-refractivity contribution in [3.63, 3.8) is 0 Å². The van der Waals surface area contributed by atoms with Crippen molar-refractivity contribution in [3.05, 3.63) is 29.6 Å². The lowest BCUT2D eigenvalue weighted by Gasteiger charge is -2.18. The first-order valence-electron chi connectivity index (χ1n) is 4.21. The summed E-state index contributed by atoms with van der Waals surface area (Å²) in [7, 11) is 0. The third-order valence-corrected chi connectivity index (χ3v) is 1.93. The van der Waals surface area contributed by atoms with Gasteiger partial charge in [0.2, 0.25) is 0 Å². The topological polar surface area (TPSA) is 53.4 Å². The number of pyridine rings is 1. The summed E-state index contributed by atoms with van der Waals surface area (Å²) in [5, 5.41) is 18.4. The minimum Gasteiger partial charge on any atom is -0.390 e. The fourth-order valence-corrected chi connectivity index (χ4v) is 1.16. The van der Waals surface area contributed by atoms with Crippen LogP contribution in [0.3, 0.4) is 0 Å². The van der Waals surface area contributed by atoms with Crippen LogP contribution < -0.4 is 0 Å². The van der Waals surface area contributed by atoms with Crippen LogP contribution in [-0.4, -0.2) is 21.3 Å². The molecule has 1 rings (SSSR count). The van der Waals surface area contributed by atoms with Gasteiger partial charge < -0.3 is 10.2 Å². The van der Waals surface area contributed by atoms with Crippen LogP contribution in [0, 0.1) is 0 Å². The molecule has 0 radical (unpaired) electrons. The van der Waals surface area contributed by atoms with Gasteiger partial charge in [-0.15, -0.1) is 0 Å². The van der Waals surface area contributed by atoms with Crippen molar-refractivity contribution in [3.8, 4) is 0 Å². The third-order valence-electron chi connectivity index (χ3n) is 1.93. The molecule has 2 N–H and O–H groups in total. The maximum Gasteiger partial charge on any atom is 0.416 e. The highest BCUT2D eigenvalue weighted by Gasteiger charge is 2.35. The Morgan fingerprint density at radius 1 is 1.33 bits per heavy atom. The average molecular weight is 221 g/mol. The first-order valence-corrected chi connectivity index (χ1v) is 4.21. The quantitative estimate of drug-likeness (QED) is 0.796. The molecule has 2 unspecified atom stereocenters. The van der Waals surface area contributed by atoms with Crippen LogP contribution in [-0.2, 0) is 6.18 Å². The standard InChI is InChI=1S/C9H10F3NO2/c1-5(14)8(15)6-4-13-3-2-7(6)9(10,11)12/h2-5,8,14-15H,1H3. The van der Waals surface area contributed by atoms with E-state index in [2.05, 4.69) is 4.98 Å². The Balaban J connectivity index is 3.18. The molecule has 0 saturated heterocycles. The van der Waals surface area contributed by atoms with Crippen LogP contribution in [0.2, 0.25) is 0 Å². The van der Waals surface area contributed by atoms with E-state index in [0.717, 1.165) is 18.5 Å². The fraction of sp³-hybridized carbons (Fsp3) is 0.444. The molecule has 0 aromatic carbocycles. The van der Waals surface area contributed by atoms with Crippen molar-refractivity contribution in [1.82, 2.24) is 4.98 Å². The van der Waals surface area contributed by atoms with E-state index in [-0.39, 0.29) is 0 Å². The predicted molar refractivity (Wildman–Crippen MR) is 45.9 cm³/mol. The minimum atomic E-state index is -4.56. The van der Waals surface area contributed by atoms with Crippen LogP contribution in [0.5, 0.6) is 0 Å². The van der Waals surface area contributed by atoms with Crippen LogP contribution in [0.15, 0.2) is 18.5 Å². The molecule has 1 heterocycles. The lowest BCUT2D eigenvalue weighted by molar-refractivity contribution is -0.139. The van der Waals surface area contributed by atoms with Crippen molar-refractivity contribution >= 4 is 0 Å². The molecule has 0 fully saturated rings. The second-order valence-corrected chi connectivity index (χ2v) is 3.15. The Morgan fingerprint density at radius 2 is 1.93 bits per heavy atom. The van der Waals surface area contributed by atoms with Gasteiger partial charge in [0.25, 0.3) is 0 Å². The Bertz CT molecular complexity index is 338. The fourth-order valence-electron chi connectivity index (χ4n) is 1.16.